The average Bonchev–Trinajstić information content (AvgIpc) is 2.57. The van der Waals surface area contributed by atoms with Crippen LogP contribution in [0.5, 0.6) is 12.0 Å². The molecule has 1 aromatic carbocycles. The quantitative estimate of drug-likeness (QED) is 0.908. The first kappa shape index (κ1) is 15.5. The Hall–Kier alpha value is -2.37. The van der Waals surface area contributed by atoms with Gasteiger partial charge in [-0.15, -0.1) is 4.98 Å². The Morgan fingerprint density at radius 3 is 2.35 bits per heavy atom. The van der Waals surface area contributed by atoms with E-state index in [1.165, 1.54) is 31.9 Å². The maximum atomic E-state index is 5.91. The highest BCUT2D eigenvalue weighted by Crippen LogP contribution is 2.23. The average molecular weight is 314 g/mol. The minimum Gasteiger partial charge on any atom is -0.467 e. The lowest BCUT2D eigenvalue weighted by Crippen LogP contribution is -2.21. The lowest BCUT2D eigenvalue weighted by Gasteiger charge is -2.21. The van der Waals surface area contributed by atoms with Crippen LogP contribution in [0.25, 0.3) is 0 Å². The van der Waals surface area contributed by atoms with E-state index < -0.39 is 0 Å². The van der Waals surface area contributed by atoms with Crippen LogP contribution in [0.15, 0.2) is 24.3 Å². The molecule has 0 amide bonds. The van der Waals surface area contributed by atoms with E-state index in [2.05, 4.69) is 20.3 Å². The summed E-state index contributed by atoms with van der Waals surface area (Å²) in [7, 11) is 1.54. The zero-order valence-electron chi connectivity index (χ0n) is 13.6. The fraction of sp³-hybridized carbons (Fsp3) is 0.471. The second-order valence-corrected chi connectivity index (χ2v) is 5.80. The van der Waals surface area contributed by atoms with Gasteiger partial charge in [0.1, 0.15) is 6.10 Å². The predicted molar refractivity (Wildman–Crippen MR) is 88.3 cm³/mol. The maximum Gasteiger partial charge on any atom is 0.324 e. The number of hydrogen-bond donors (Lipinski definition) is 1. The van der Waals surface area contributed by atoms with Gasteiger partial charge in [0.05, 0.1) is 7.11 Å². The molecular formula is C17H22N4O2. The van der Waals surface area contributed by atoms with Crippen LogP contribution in [0.1, 0.15) is 37.7 Å². The first-order valence-electron chi connectivity index (χ1n) is 8.03. The van der Waals surface area contributed by atoms with Crippen molar-refractivity contribution in [3.05, 3.63) is 29.8 Å². The van der Waals surface area contributed by atoms with Crippen LogP contribution in [0.4, 0.5) is 11.6 Å². The van der Waals surface area contributed by atoms with Crippen LogP contribution in [-0.4, -0.2) is 28.2 Å². The summed E-state index contributed by atoms with van der Waals surface area (Å²) in [6.07, 6.45) is 5.95. The van der Waals surface area contributed by atoms with Gasteiger partial charge in [0.15, 0.2) is 0 Å². The third-order valence-corrected chi connectivity index (χ3v) is 3.91. The molecule has 1 aliphatic carbocycles. The fourth-order valence-electron chi connectivity index (χ4n) is 2.64. The Morgan fingerprint density at radius 1 is 0.957 bits per heavy atom. The van der Waals surface area contributed by atoms with E-state index >= 15 is 0 Å². The predicted octanol–water partition coefficient (Wildman–Crippen LogP) is 3.64. The minimum absolute atomic E-state index is 0.183. The van der Waals surface area contributed by atoms with Crippen molar-refractivity contribution in [2.75, 3.05) is 12.4 Å². The van der Waals surface area contributed by atoms with Crippen LogP contribution < -0.4 is 14.8 Å². The maximum absolute atomic E-state index is 5.91. The van der Waals surface area contributed by atoms with E-state index in [0.717, 1.165) is 18.5 Å². The van der Waals surface area contributed by atoms with Gasteiger partial charge >= 0.3 is 12.0 Å². The van der Waals surface area contributed by atoms with E-state index in [4.69, 9.17) is 9.47 Å². The third kappa shape index (κ3) is 4.31. The summed E-state index contributed by atoms with van der Waals surface area (Å²) in [4.78, 5) is 12.8. The Labute approximate surface area is 136 Å². The molecule has 1 N–H and O–H groups in total. The molecule has 1 heterocycles. The molecule has 0 aliphatic heterocycles. The third-order valence-electron chi connectivity index (χ3n) is 3.91. The molecule has 1 aliphatic rings. The number of aromatic nitrogens is 3. The van der Waals surface area contributed by atoms with Crippen LogP contribution in [0.3, 0.4) is 0 Å². The molecule has 1 saturated carbocycles. The largest absolute Gasteiger partial charge is 0.467 e. The molecule has 2 aromatic rings. The molecule has 0 unspecified atom stereocenters. The highest BCUT2D eigenvalue weighted by atomic mass is 16.5. The number of anilines is 2. The van der Waals surface area contributed by atoms with Gasteiger partial charge < -0.3 is 14.8 Å². The lowest BCUT2D eigenvalue weighted by atomic mass is 9.98. The molecule has 1 aromatic heterocycles. The lowest BCUT2D eigenvalue weighted by molar-refractivity contribution is 0.140. The zero-order valence-corrected chi connectivity index (χ0v) is 13.6. The number of benzene rings is 1. The molecule has 0 bridgehead atoms. The SMILES string of the molecule is COc1nc(Nc2ccc(C)cc2)nc(OC2CCCCC2)n1. The number of hydrogen-bond acceptors (Lipinski definition) is 6. The van der Waals surface area contributed by atoms with Gasteiger partial charge in [-0.25, -0.2) is 0 Å². The van der Waals surface area contributed by atoms with Gasteiger partial charge in [-0.05, 0) is 44.7 Å². The van der Waals surface area contributed by atoms with Crippen LogP contribution >= 0.6 is 0 Å². The molecule has 1 fully saturated rings. The minimum atomic E-state index is 0.183. The van der Waals surface area contributed by atoms with Gasteiger partial charge in [-0.1, -0.05) is 24.1 Å². The summed E-state index contributed by atoms with van der Waals surface area (Å²) < 4.78 is 11.1. The Balaban J connectivity index is 1.76. The monoisotopic (exact) mass is 314 g/mol. The number of ether oxygens (including phenoxy) is 2. The summed E-state index contributed by atoms with van der Waals surface area (Å²) >= 11 is 0. The highest BCUT2D eigenvalue weighted by molar-refractivity contribution is 5.53. The van der Waals surface area contributed by atoms with Crippen molar-refractivity contribution in [3.8, 4) is 12.0 Å². The molecule has 3 rings (SSSR count). The van der Waals surface area contributed by atoms with Gasteiger partial charge in [0.2, 0.25) is 5.95 Å². The van der Waals surface area contributed by atoms with E-state index in [-0.39, 0.29) is 12.1 Å². The van der Waals surface area contributed by atoms with Crippen molar-refractivity contribution in [2.45, 2.75) is 45.1 Å². The summed E-state index contributed by atoms with van der Waals surface area (Å²) in [6.45, 7) is 2.05. The smallest absolute Gasteiger partial charge is 0.324 e. The van der Waals surface area contributed by atoms with Crippen molar-refractivity contribution in [3.63, 3.8) is 0 Å². The number of methoxy groups -OCH3 is 1. The van der Waals surface area contributed by atoms with Crippen LogP contribution in [-0.2, 0) is 0 Å². The Bertz CT molecular complexity index is 640. The van der Waals surface area contributed by atoms with E-state index in [1.54, 1.807) is 0 Å². The van der Waals surface area contributed by atoms with Crippen LogP contribution in [0, 0.1) is 6.92 Å². The summed E-state index contributed by atoms with van der Waals surface area (Å²) in [5.41, 5.74) is 2.11. The number of aryl methyl sites for hydroxylation is 1. The molecule has 0 radical (unpaired) electrons. The van der Waals surface area contributed by atoms with E-state index in [0.29, 0.717) is 12.0 Å². The Kier molecular flexibility index (Phi) is 4.90. The van der Waals surface area contributed by atoms with Crippen molar-refractivity contribution in [1.82, 2.24) is 15.0 Å². The van der Waals surface area contributed by atoms with Gasteiger partial charge in [-0.2, -0.15) is 9.97 Å². The van der Waals surface area contributed by atoms with Gasteiger partial charge in [0, 0.05) is 5.69 Å². The zero-order chi connectivity index (χ0) is 16.1. The molecule has 0 atom stereocenters. The molecule has 0 spiro atoms. The van der Waals surface area contributed by atoms with E-state index in [9.17, 15) is 0 Å². The van der Waals surface area contributed by atoms with Crippen molar-refractivity contribution in [2.24, 2.45) is 0 Å². The second kappa shape index (κ2) is 7.26. The van der Waals surface area contributed by atoms with Gasteiger partial charge in [0.25, 0.3) is 0 Å². The summed E-state index contributed by atoms with van der Waals surface area (Å²) in [5.74, 6) is 0.423. The number of nitrogens with zero attached hydrogens (tertiary/aromatic N) is 3. The van der Waals surface area contributed by atoms with Crippen LogP contribution in [0.2, 0.25) is 0 Å². The normalized spacial score (nSPS) is 15.2. The van der Waals surface area contributed by atoms with Crippen molar-refractivity contribution >= 4 is 11.6 Å². The van der Waals surface area contributed by atoms with E-state index in [1.807, 2.05) is 31.2 Å². The molecule has 6 heteroatoms. The molecule has 6 nitrogen and oxygen atoms in total. The standard InChI is InChI=1S/C17H22N4O2/c1-12-8-10-13(11-9-12)18-15-19-16(22-2)21-17(20-15)23-14-6-4-3-5-7-14/h8-11,14H,3-7H2,1-2H3,(H,18,19,20,21). The second-order valence-electron chi connectivity index (χ2n) is 5.80. The highest BCUT2D eigenvalue weighted by Gasteiger charge is 2.17. The van der Waals surface area contributed by atoms with Gasteiger partial charge in [-0.3, -0.25) is 0 Å². The van der Waals surface area contributed by atoms with Crippen molar-refractivity contribution < 1.29 is 9.47 Å². The molecule has 23 heavy (non-hydrogen) atoms. The molecule has 122 valence electrons. The Morgan fingerprint density at radius 2 is 1.65 bits per heavy atom. The fourth-order valence-corrected chi connectivity index (χ4v) is 2.64. The number of rotatable bonds is 5. The first-order valence-corrected chi connectivity index (χ1v) is 8.03. The summed E-state index contributed by atoms with van der Waals surface area (Å²) in [6, 6.07) is 8.58. The first-order chi connectivity index (χ1) is 11.2. The number of nitrogens with one attached hydrogen (secondary N) is 1. The topological polar surface area (TPSA) is 69.2 Å². The van der Waals surface area contributed by atoms with Crippen molar-refractivity contribution in [1.29, 1.82) is 0 Å². The molecule has 0 saturated heterocycles. The summed E-state index contributed by atoms with van der Waals surface area (Å²) in [5, 5.41) is 3.16. The molecular weight excluding hydrogens is 292 g/mol.